The summed E-state index contributed by atoms with van der Waals surface area (Å²) in [4.78, 5) is 81.4. The molecule has 0 aliphatic carbocycles. The van der Waals surface area contributed by atoms with E-state index in [0.717, 1.165) is 16.8 Å². The molecule has 672 valence electrons. The number of nitrogens with one attached hydrogen (secondary N) is 12. The molecule has 6 aliphatic heterocycles. The monoisotopic (exact) mass is 1800 g/mol. The average Bonchev–Trinajstić information content (AvgIpc) is 1.53. The molecule has 6 amide bonds. The molecule has 0 bridgehead atoms. The normalized spacial score (nSPS) is 32.9. The highest BCUT2D eigenvalue weighted by Crippen LogP contribution is 2.29. The molecule has 18 rings (SSSR count). The van der Waals surface area contributed by atoms with Crippen molar-refractivity contribution in [1.29, 1.82) is 0 Å². The Hall–Kier alpha value is -12.1. The van der Waals surface area contributed by atoms with Crippen LogP contribution in [0.25, 0.3) is 65.4 Å². The zero-order valence-electron chi connectivity index (χ0n) is 145. The van der Waals surface area contributed by atoms with Crippen molar-refractivity contribution in [2.45, 2.75) is 113 Å². The minimum Gasteiger partial charge on any atom is -0.447 e. The quantitative estimate of drug-likeness (QED) is 0.0186. The van der Waals surface area contributed by atoms with Crippen molar-refractivity contribution < 1.29 is 164 Å². The van der Waals surface area contributed by atoms with Gasteiger partial charge < -0.3 is 120 Å². The molecule has 12 N–H and O–H groups in total. The summed E-state index contributed by atoms with van der Waals surface area (Å²) in [7, 11) is 8.30. The number of hydrogen-bond donors (Lipinski definition) is 12. The fourth-order valence-corrected chi connectivity index (χ4v) is 10.9. The minimum atomic E-state index is -3.91. The molecular weight excluding hydrogens is 1600 g/mol. The van der Waals surface area contributed by atoms with Crippen LogP contribution in [0, 0.1) is 0 Å². The largest absolute Gasteiger partial charge is 0.447 e. The van der Waals surface area contributed by atoms with Crippen molar-refractivity contribution in [2.75, 3.05) is 163 Å². The van der Waals surface area contributed by atoms with Gasteiger partial charge in [0, 0.05) is 199 Å². The molecule has 12 heterocycles. The number of carbonyl (C=O) groups excluding carboxylic acids is 6. The van der Waals surface area contributed by atoms with Gasteiger partial charge in [0.15, 0.2) is 8.47 Å². The third-order valence-corrected chi connectivity index (χ3v) is 16.6. The van der Waals surface area contributed by atoms with Crippen LogP contribution in [0.15, 0.2) is 146 Å². The number of carbonyl (C=O) groups is 6. The first kappa shape index (κ1) is 34.9. The van der Waals surface area contributed by atoms with Gasteiger partial charge in [-0.1, -0.05) is 36.3 Å². The SMILES string of the molecule is [2H]c1[nH]c2c([2H])c([2H])c(C([2H])([2H])[C@@]3([2H])COC(=O)N3)c([2H])c2c1C([2H])([2H])C([2H])([2H])N(C([2H])([2H])[2H])C([2H])([2H])[2H].[2H]c1[nH]c2c([2H])c([2H])c(C([2H])([2H])[C@@]3([2H])COC(=O)N3)c([2H])c2c1C([2H])([2H])C([2H])([2H])N(C)C.[2H]c1[nH]c2c([2H])c([2H])c(C([2H])([2H])[C@@]3([2H])COC(=O)N3)c([2H])c2c1C([2H])([2H])C([2H])([2H])N(C)C([2H])([2H])[2H].[2H]c1c(C([2H])([2H])[C@@]2([2H])COC(=O)N2[2H])c([2H])c2c(CCN(C([2H])([2H])[2H])C([2H])([2H])[2H])c([2H])n([2H])c2c1[2H].[2H]c1c(C([2H])([2H])[C@@]2([2H])COC(=O)N2[2H])c([2H])c2c(CCN(C)C([2H])([2H])[2H])c([2H])n([2H])c2c1[2H].[2H]c1c(C([2H])([2H])[C@@]2([2H])COC(=O)N2[2H])c([2H])c2c(CCN(C)C)c([2H])n([2H])c2c1[2H]. The predicted molar refractivity (Wildman–Crippen MR) is 495 cm³/mol. The van der Waals surface area contributed by atoms with E-state index in [0.29, 0.717) is 21.5 Å². The van der Waals surface area contributed by atoms with Crippen LogP contribution in [0.5, 0.6) is 0 Å². The van der Waals surface area contributed by atoms with Gasteiger partial charge in [0.25, 0.3) is 0 Å². The molecule has 30 nitrogen and oxygen atoms in total. The summed E-state index contributed by atoms with van der Waals surface area (Å²) < 4.78 is 662. The first-order chi connectivity index (χ1) is 91.8. The highest BCUT2D eigenvalue weighted by Gasteiger charge is 2.29. The fraction of sp³-hybridized carbons (Fsp3) is 0.438. The van der Waals surface area contributed by atoms with E-state index in [2.05, 4.69) is 43.4 Å². The number of nitrogens with zero attached hydrogens (tertiary/aromatic N) is 6. The Labute approximate surface area is 846 Å². The Bertz CT molecular complexity index is 9790. The third-order valence-electron chi connectivity index (χ3n) is 16.6. The molecule has 30 heteroatoms. The lowest BCUT2D eigenvalue weighted by molar-refractivity contribution is 0.176. The molecule has 0 spiro atoms. The number of amides is 6. The number of aromatic nitrogens is 6. The standard InChI is InChI=1S/6C16H21N3O2/c6*1-19(2)6-5-12-9-17-15-4-3-11(8-14(12)15)7-13-10-21-16(20)18-13/h6*3-4,8-9,13,17H,5-7,10H2,1-2H3,(H,18,20)/t6*13-/m000000/s1/i1D3,2D3,3D,4D,5D2,6D2,7D2,8D,9D,13D;1D3,3D,4D,5D2,6D2,7D2,8D,9D,13D;3D,4D,5D2,6D2,7D2,8D,9D,13D;1D3,2D3,3D,4D,7D2,8D,9D,13D;1D3,3D,4D,7D2,8D,9D,13D;3D,4D,7D2,8D,9D,13D/hD6. The van der Waals surface area contributed by atoms with E-state index in [9.17, 15) is 28.8 Å². The topological polar surface area (TPSA) is 344 Å². The molecule has 0 radical (unpaired) electrons. The number of ether oxygens (including phenoxy) is 6. The number of H-pyrrole nitrogens is 6. The number of likely N-dealkylation sites (N-methyl/N-ethyl adjacent to an activating group) is 6. The lowest BCUT2D eigenvalue weighted by Crippen LogP contribution is -2.28. The zero-order chi connectivity index (χ0) is 157. The smallest absolute Gasteiger partial charge is 0.407 e. The van der Waals surface area contributed by atoms with E-state index in [-0.39, 0.29) is 101 Å². The Morgan fingerprint density at radius 2 is 0.579 bits per heavy atom. The second-order valence-corrected chi connectivity index (χ2v) is 26.7. The molecule has 6 aliphatic rings. The first-order valence-electron chi connectivity index (χ1n) is 75.4. The molecule has 6 aromatic heterocycles. The van der Waals surface area contributed by atoms with Crippen LogP contribution in [0.2, 0.25) is 8.47 Å². The number of rotatable bonds is 30. The second kappa shape index (κ2) is 43.7. The third kappa shape index (κ3) is 26.5. The van der Waals surface area contributed by atoms with Crippen molar-refractivity contribution in [3.05, 3.63) is 213 Å². The van der Waals surface area contributed by atoms with Gasteiger partial charge in [-0.15, -0.1) is 0 Å². The number of aryl methyl sites for hydroxylation is 3. The summed E-state index contributed by atoms with van der Waals surface area (Å²) in [5, 5.41) is 3.29. The van der Waals surface area contributed by atoms with E-state index in [1.807, 2.05) is 20.9 Å². The molecule has 6 aromatic carbocycles. The van der Waals surface area contributed by atoms with Crippen LogP contribution in [-0.4, -0.2) is 295 Å². The van der Waals surface area contributed by atoms with E-state index in [1.54, 1.807) is 14.1 Å². The number of hydrogen-bond acceptors (Lipinski definition) is 18. The molecule has 0 unspecified atom stereocenters. The van der Waals surface area contributed by atoms with Gasteiger partial charge in [-0.25, -0.2) is 28.8 Å². The maximum absolute atomic E-state index is 11.7. The second-order valence-electron chi connectivity index (χ2n) is 26.7. The van der Waals surface area contributed by atoms with Crippen LogP contribution in [0.4, 0.5) is 28.8 Å². The molecule has 126 heavy (non-hydrogen) atoms. The van der Waals surface area contributed by atoms with E-state index in [1.165, 1.54) is 21.1 Å². The van der Waals surface area contributed by atoms with Crippen molar-refractivity contribution >= 4 is 102 Å². The molecule has 6 atom stereocenters. The van der Waals surface area contributed by atoms with Gasteiger partial charge in [0.2, 0.25) is 0 Å². The number of benzene rings is 6. The van der Waals surface area contributed by atoms with Gasteiger partial charge in [-0.3, -0.25) is 0 Å². The van der Waals surface area contributed by atoms with Crippen molar-refractivity contribution in [3.63, 3.8) is 0 Å². The van der Waals surface area contributed by atoms with Gasteiger partial charge in [-0.05, 0) is 300 Å². The Morgan fingerprint density at radius 3 is 0.857 bits per heavy atom. The fourth-order valence-electron chi connectivity index (χ4n) is 10.9. The number of aromatic amines is 6. The molecule has 12 aromatic rings. The number of cyclic esters (lactones) is 6. The Morgan fingerprint density at radius 1 is 0.317 bits per heavy atom. The van der Waals surface area contributed by atoms with Gasteiger partial charge in [0.1, 0.15) is 39.6 Å². The van der Waals surface area contributed by atoms with Crippen molar-refractivity contribution in [2.24, 2.45) is 0 Å². The summed E-state index contributed by atoms with van der Waals surface area (Å²) in [6, 6.07) is -29.8. The Balaban J connectivity index is 0.000000196. The summed E-state index contributed by atoms with van der Waals surface area (Å²) in [5.74, 6) is 0. The van der Waals surface area contributed by atoms with Crippen LogP contribution < -0.4 is 31.9 Å². The summed E-state index contributed by atoms with van der Waals surface area (Å²) >= 11 is 0. The van der Waals surface area contributed by atoms with Gasteiger partial charge >= 0.3 is 36.6 Å². The zero-order valence-corrected chi connectivity index (χ0v) is 66.8. The highest BCUT2D eigenvalue weighted by atomic mass is 16.6. The lowest BCUT2D eigenvalue weighted by atomic mass is 10.0. The molecular formula is C96H126N18O12. The summed E-state index contributed by atoms with van der Waals surface area (Å²) in [5.41, 5.74) is -9.78. The van der Waals surface area contributed by atoms with Gasteiger partial charge in [-0.2, -0.15) is 0 Å². The van der Waals surface area contributed by atoms with Crippen molar-refractivity contribution in [3.8, 4) is 0 Å². The summed E-state index contributed by atoms with van der Waals surface area (Å²) in [6.07, 6.45) is -39.4. The summed E-state index contributed by atoms with van der Waals surface area (Å²) in [6.45, 7) is -34.2. The average molecular weight is 1800 g/mol. The van der Waals surface area contributed by atoms with E-state index < -0.39 is 471 Å². The van der Waals surface area contributed by atoms with Crippen LogP contribution >= 0.6 is 0 Å². The molecule has 6 saturated heterocycles. The molecule has 6 fully saturated rings. The number of alkyl carbamates (subject to hydrolysis) is 6. The Kier molecular flexibility index (Phi) is 12.1. The maximum atomic E-state index is 11.7. The van der Waals surface area contributed by atoms with E-state index >= 15 is 0 Å². The molecule has 0 saturated carbocycles. The first-order valence-corrected chi connectivity index (χ1v) is 36.7. The van der Waals surface area contributed by atoms with E-state index in [4.69, 9.17) is 107 Å². The minimum absolute atomic E-state index is 0.00663. The maximum Gasteiger partial charge on any atom is 0.407 e. The van der Waals surface area contributed by atoms with Crippen LogP contribution in [0.1, 0.15) is 165 Å². The number of fused-ring (bicyclic) bond motifs is 6. The predicted octanol–water partition coefficient (Wildman–Crippen LogP) is 11.5. The lowest BCUT2D eigenvalue weighted by Gasteiger charge is -2.09. The van der Waals surface area contributed by atoms with Gasteiger partial charge in [0.05, 0.1) is 77.2 Å². The van der Waals surface area contributed by atoms with Crippen molar-refractivity contribution in [1.82, 2.24) is 91.2 Å². The van der Waals surface area contributed by atoms with Crippen LogP contribution in [-0.2, 0) is 105 Å². The van der Waals surface area contributed by atoms with Crippen LogP contribution in [0.3, 0.4) is 0 Å². The highest BCUT2D eigenvalue weighted by molar-refractivity contribution is 5.88.